The maximum absolute atomic E-state index is 9.77. The quantitative estimate of drug-likeness (QED) is 0.808. The van der Waals surface area contributed by atoms with Crippen LogP contribution in [0.4, 0.5) is 5.82 Å². The first-order valence-corrected chi connectivity index (χ1v) is 8.00. The second kappa shape index (κ2) is 7.68. The van der Waals surface area contributed by atoms with Crippen LogP contribution >= 0.6 is 0 Å². The summed E-state index contributed by atoms with van der Waals surface area (Å²) in [5, 5.41) is 20.4. The third kappa shape index (κ3) is 3.88. The maximum atomic E-state index is 9.77. The van der Waals surface area contributed by atoms with Crippen LogP contribution in [0.5, 0.6) is 11.5 Å². The smallest absolute Gasteiger partial charge is 0.145 e. The molecule has 24 heavy (non-hydrogen) atoms. The van der Waals surface area contributed by atoms with Crippen molar-refractivity contribution in [2.75, 3.05) is 32.2 Å². The molecule has 6 nitrogen and oxygen atoms in total. The van der Waals surface area contributed by atoms with Crippen LogP contribution in [0.15, 0.2) is 18.2 Å². The van der Waals surface area contributed by atoms with Crippen LogP contribution in [0.3, 0.4) is 0 Å². The van der Waals surface area contributed by atoms with Crippen molar-refractivity contribution in [2.24, 2.45) is 0 Å². The van der Waals surface area contributed by atoms with E-state index in [0.29, 0.717) is 30.2 Å². The van der Waals surface area contributed by atoms with Crippen molar-refractivity contribution in [1.29, 1.82) is 0 Å². The Hall–Kier alpha value is -2.05. The van der Waals surface area contributed by atoms with Crippen LogP contribution in [-0.4, -0.2) is 54.7 Å². The van der Waals surface area contributed by atoms with Gasteiger partial charge in [0.25, 0.3) is 0 Å². The number of hydrogen-bond acceptors (Lipinski definition) is 6. The molecule has 0 saturated carbocycles. The molecule has 0 spiro atoms. The average molecular weight is 334 g/mol. The van der Waals surface area contributed by atoms with Crippen molar-refractivity contribution in [3.63, 3.8) is 0 Å². The van der Waals surface area contributed by atoms with Crippen LogP contribution < -0.4 is 14.4 Å². The number of aliphatic hydroxyl groups is 2. The van der Waals surface area contributed by atoms with Crippen LogP contribution in [0.2, 0.25) is 0 Å². The van der Waals surface area contributed by atoms with Gasteiger partial charge in [-0.05, 0) is 44.5 Å². The first kappa shape index (κ1) is 18.3. The highest BCUT2D eigenvalue weighted by atomic mass is 16.5. The van der Waals surface area contributed by atoms with Crippen LogP contribution in [0, 0.1) is 6.92 Å². The van der Waals surface area contributed by atoms with Gasteiger partial charge in [-0.1, -0.05) is 0 Å². The van der Waals surface area contributed by atoms with Gasteiger partial charge in [-0.25, -0.2) is 4.98 Å². The summed E-state index contributed by atoms with van der Waals surface area (Å²) in [5.41, 5.74) is 1.69. The lowest BCUT2D eigenvalue weighted by molar-refractivity contribution is 0.178. The fraction of sp³-hybridized carbons (Fsp3) is 0.500. The molecule has 1 aromatic heterocycles. The number of pyridine rings is 1. The minimum absolute atomic E-state index is 0.384. The predicted molar refractivity (Wildman–Crippen MR) is 95.2 cm³/mol. The van der Waals surface area contributed by atoms with Gasteiger partial charge >= 0.3 is 0 Å². The largest absolute Gasteiger partial charge is 0.496 e. The van der Waals surface area contributed by atoms with E-state index in [1.165, 1.54) is 0 Å². The lowest BCUT2D eigenvalue weighted by atomic mass is 10.1. The van der Waals surface area contributed by atoms with E-state index in [-0.39, 0.29) is 0 Å². The molecular formula is C18H26N2O4. The SMILES string of the molecule is COc1ccc(OC)c2c(C)cc(N(CC(C)O)CC(C)O)nc12. The van der Waals surface area contributed by atoms with Gasteiger partial charge in [0.05, 0.1) is 26.4 Å². The molecule has 2 aromatic rings. The Labute approximate surface area is 142 Å². The maximum Gasteiger partial charge on any atom is 0.145 e. The van der Waals surface area contributed by atoms with E-state index in [4.69, 9.17) is 14.5 Å². The van der Waals surface area contributed by atoms with Gasteiger partial charge in [0.15, 0.2) is 0 Å². The average Bonchev–Trinajstić information content (AvgIpc) is 2.52. The summed E-state index contributed by atoms with van der Waals surface area (Å²) in [6.45, 7) is 6.18. The Morgan fingerprint density at radius 2 is 1.58 bits per heavy atom. The molecule has 0 amide bonds. The van der Waals surface area contributed by atoms with Crippen molar-refractivity contribution in [3.8, 4) is 11.5 Å². The van der Waals surface area contributed by atoms with E-state index in [2.05, 4.69) is 0 Å². The second-order valence-electron chi connectivity index (χ2n) is 6.09. The summed E-state index contributed by atoms with van der Waals surface area (Å²) < 4.78 is 10.9. The normalized spacial score (nSPS) is 13.6. The van der Waals surface area contributed by atoms with Gasteiger partial charge in [-0.3, -0.25) is 0 Å². The molecule has 0 radical (unpaired) electrons. The number of aromatic nitrogens is 1. The van der Waals surface area contributed by atoms with E-state index in [1.54, 1.807) is 28.1 Å². The van der Waals surface area contributed by atoms with Gasteiger partial charge in [0.2, 0.25) is 0 Å². The van der Waals surface area contributed by atoms with Crippen LogP contribution in [-0.2, 0) is 0 Å². The minimum Gasteiger partial charge on any atom is -0.496 e. The molecule has 2 unspecified atom stereocenters. The number of aliphatic hydroxyl groups excluding tert-OH is 2. The van der Waals surface area contributed by atoms with Crippen molar-refractivity contribution >= 4 is 16.7 Å². The summed E-state index contributed by atoms with van der Waals surface area (Å²) in [7, 11) is 3.23. The molecule has 1 heterocycles. The number of nitrogens with zero attached hydrogens (tertiary/aromatic N) is 2. The van der Waals surface area contributed by atoms with E-state index < -0.39 is 12.2 Å². The highest BCUT2D eigenvalue weighted by Gasteiger charge is 2.18. The molecule has 0 saturated heterocycles. The molecule has 2 atom stereocenters. The number of aryl methyl sites for hydroxylation is 1. The molecule has 6 heteroatoms. The summed E-state index contributed by atoms with van der Waals surface area (Å²) in [5.74, 6) is 2.08. The Kier molecular flexibility index (Phi) is 5.85. The minimum atomic E-state index is -0.534. The molecule has 0 aliphatic heterocycles. The zero-order valence-corrected chi connectivity index (χ0v) is 14.9. The zero-order chi connectivity index (χ0) is 17.9. The fourth-order valence-corrected chi connectivity index (χ4v) is 2.85. The topological polar surface area (TPSA) is 75.1 Å². The Bertz CT molecular complexity index is 691. The summed E-state index contributed by atoms with van der Waals surface area (Å²) >= 11 is 0. The molecule has 0 aliphatic rings. The first-order chi connectivity index (χ1) is 11.4. The van der Waals surface area contributed by atoms with Gasteiger partial charge in [0, 0.05) is 18.5 Å². The highest BCUT2D eigenvalue weighted by molar-refractivity contribution is 5.94. The van der Waals surface area contributed by atoms with Crippen LogP contribution in [0.1, 0.15) is 19.4 Å². The number of anilines is 1. The Morgan fingerprint density at radius 3 is 2.08 bits per heavy atom. The van der Waals surface area contributed by atoms with Gasteiger partial charge in [-0.15, -0.1) is 0 Å². The van der Waals surface area contributed by atoms with Crippen molar-refractivity contribution in [2.45, 2.75) is 33.0 Å². The van der Waals surface area contributed by atoms with Crippen molar-refractivity contribution in [1.82, 2.24) is 4.98 Å². The molecular weight excluding hydrogens is 308 g/mol. The highest BCUT2D eigenvalue weighted by Crippen LogP contribution is 2.36. The number of hydrogen-bond donors (Lipinski definition) is 2. The Morgan fingerprint density at radius 1 is 1.04 bits per heavy atom. The zero-order valence-electron chi connectivity index (χ0n) is 14.9. The summed E-state index contributed by atoms with van der Waals surface area (Å²) in [6.07, 6.45) is -1.07. The van der Waals surface area contributed by atoms with Gasteiger partial charge in [-0.2, -0.15) is 0 Å². The molecule has 2 rings (SSSR count). The molecule has 0 bridgehead atoms. The van der Waals surface area contributed by atoms with Crippen molar-refractivity contribution in [3.05, 3.63) is 23.8 Å². The molecule has 0 fully saturated rings. The molecule has 0 aliphatic carbocycles. The standard InChI is InChI=1S/C18H26N2O4/c1-11-8-16(20(9-12(2)21)10-13(3)22)19-18-15(24-5)7-6-14(23-4)17(11)18/h6-8,12-13,21-22H,9-10H2,1-5H3. The van der Waals surface area contributed by atoms with E-state index in [0.717, 1.165) is 16.7 Å². The molecule has 1 aromatic carbocycles. The number of methoxy groups -OCH3 is 2. The van der Waals surface area contributed by atoms with Gasteiger partial charge in [0.1, 0.15) is 22.8 Å². The number of fused-ring (bicyclic) bond motifs is 1. The number of benzene rings is 1. The van der Waals surface area contributed by atoms with E-state index in [9.17, 15) is 10.2 Å². The third-order valence-electron chi connectivity index (χ3n) is 3.80. The lowest BCUT2D eigenvalue weighted by Crippen LogP contribution is -2.37. The Balaban J connectivity index is 2.62. The lowest BCUT2D eigenvalue weighted by Gasteiger charge is -2.27. The van der Waals surface area contributed by atoms with Gasteiger partial charge < -0.3 is 24.6 Å². The van der Waals surface area contributed by atoms with Crippen LogP contribution in [0.25, 0.3) is 10.9 Å². The third-order valence-corrected chi connectivity index (χ3v) is 3.80. The summed E-state index contributed by atoms with van der Waals surface area (Å²) in [6, 6.07) is 5.62. The monoisotopic (exact) mass is 334 g/mol. The van der Waals surface area contributed by atoms with E-state index in [1.807, 2.05) is 30.0 Å². The molecule has 132 valence electrons. The fourth-order valence-electron chi connectivity index (χ4n) is 2.85. The number of ether oxygens (including phenoxy) is 2. The first-order valence-electron chi connectivity index (χ1n) is 8.00. The van der Waals surface area contributed by atoms with E-state index >= 15 is 0 Å². The molecule has 2 N–H and O–H groups in total. The second-order valence-corrected chi connectivity index (χ2v) is 6.09. The summed E-state index contributed by atoms with van der Waals surface area (Å²) in [4.78, 5) is 6.60. The van der Waals surface area contributed by atoms with Crippen molar-refractivity contribution < 1.29 is 19.7 Å². The number of rotatable bonds is 7. The predicted octanol–water partition coefficient (Wildman–Crippen LogP) is 2.13.